The molecule has 0 aromatic heterocycles. The minimum atomic E-state index is -0.0839. The van der Waals surface area contributed by atoms with Gasteiger partial charge in [0.2, 0.25) is 5.91 Å². The van der Waals surface area contributed by atoms with Gasteiger partial charge in [0.1, 0.15) is 12.7 Å². The van der Waals surface area contributed by atoms with Gasteiger partial charge in [-0.3, -0.25) is 9.69 Å². The lowest BCUT2D eigenvalue weighted by atomic mass is 10.2. The van der Waals surface area contributed by atoms with Gasteiger partial charge < -0.3 is 14.8 Å². The average molecular weight is 312 g/mol. The van der Waals surface area contributed by atoms with Crippen molar-refractivity contribution in [2.24, 2.45) is 0 Å². The molecule has 0 fully saturated rings. The molecular formula is C18H20N2O3. The fourth-order valence-electron chi connectivity index (χ4n) is 2.53. The highest BCUT2D eigenvalue weighted by atomic mass is 16.6. The van der Waals surface area contributed by atoms with Crippen molar-refractivity contribution >= 4 is 11.6 Å². The molecule has 2 aromatic carbocycles. The van der Waals surface area contributed by atoms with Crippen molar-refractivity contribution in [2.75, 3.05) is 32.1 Å². The number of carbonyl (C=O) groups is 1. The topological polar surface area (TPSA) is 50.8 Å². The third-order valence-electron chi connectivity index (χ3n) is 3.55. The van der Waals surface area contributed by atoms with Crippen LogP contribution >= 0.6 is 0 Å². The predicted octanol–water partition coefficient (Wildman–Crippen LogP) is 2.40. The summed E-state index contributed by atoms with van der Waals surface area (Å²) in [6.07, 6.45) is -0.0839. The van der Waals surface area contributed by atoms with E-state index >= 15 is 0 Å². The van der Waals surface area contributed by atoms with Crippen LogP contribution in [0, 0.1) is 0 Å². The molecule has 1 aliphatic heterocycles. The number of benzene rings is 2. The molecule has 5 heteroatoms. The number of amides is 1. The number of rotatable bonds is 5. The summed E-state index contributed by atoms with van der Waals surface area (Å²) >= 11 is 0. The van der Waals surface area contributed by atoms with Gasteiger partial charge in [-0.25, -0.2) is 0 Å². The van der Waals surface area contributed by atoms with E-state index in [4.69, 9.17) is 9.47 Å². The molecule has 0 unspecified atom stereocenters. The van der Waals surface area contributed by atoms with Gasteiger partial charge >= 0.3 is 0 Å². The number of nitrogens with zero attached hydrogens (tertiary/aromatic N) is 1. The zero-order valence-corrected chi connectivity index (χ0v) is 13.1. The van der Waals surface area contributed by atoms with Gasteiger partial charge in [-0.1, -0.05) is 30.3 Å². The third kappa shape index (κ3) is 4.23. The van der Waals surface area contributed by atoms with Crippen molar-refractivity contribution in [3.05, 3.63) is 54.6 Å². The van der Waals surface area contributed by atoms with E-state index < -0.39 is 0 Å². The van der Waals surface area contributed by atoms with E-state index in [1.165, 1.54) is 0 Å². The third-order valence-corrected chi connectivity index (χ3v) is 3.55. The smallest absolute Gasteiger partial charge is 0.238 e. The van der Waals surface area contributed by atoms with Crippen LogP contribution in [0.3, 0.4) is 0 Å². The molecule has 0 saturated heterocycles. The first-order valence-electron chi connectivity index (χ1n) is 7.62. The Balaban J connectivity index is 1.48. The Morgan fingerprint density at radius 1 is 1.13 bits per heavy atom. The minimum absolute atomic E-state index is 0.0455. The summed E-state index contributed by atoms with van der Waals surface area (Å²) in [5.74, 6) is 1.48. The number of likely N-dealkylation sites (N-methyl/N-ethyl adjacent to an activating group) is 1. The van der Waals surface area contributed by atoms with Crippen LogP contribution in [-0.2, 0) is 4.79 Å². The molecule has 2 aromatic rings. The molecule has 0 spiro atoms. The maximum Gasteiger partial charge on any atom is 0.238 e. The van der Waals surface area contributed by atoms with Crippen molar-refractivity contribution < 1.29 is 14.3 Å². The van der Waals surface area contributed by atoms with Crippen LogP contribution in [0.5, 0.6) is 11.5 Å². The first-order chi connectivity index (χ1) is 11.2. The van der Waals surface area contributed by atoms with Gasteiger partial charge in [-0.05, 0) is 31.3 Å². The SMILES string of the molecule is CN(CC(=O)Nc1ccccc1)C[C@@H]1COc2ccccc2O1. The average Bonchev–Trinajstić information content (AvgIpc) is 2.55. The number of nitrogens with one attached hydrogen (secondary N) is 1. The van der Waals surface area contributed by atoms with Crippen molar-refractivity contribution in [1.82, 2.24) is 4.90 Å². The molecule has 120 valence electrons. The Morgan fingerprint density at radius 3 is 2.61 bits per heavy atom. The molecule has 1 N–H and O–H groups in total. The molecule has 1 heterocycles. The lowest BCUT2D eigenvalue weighted by Gasteiger charge is -2.29. The van der Waals surface area contributed by atoms with Crippen LogP contribution in [0.1, 0.15) is 0 Å². The maximum absolute atomic E-state index is 12.0. The van der Waals surface area contributed by atoms with Gasteiger partial charge in [-0.2, -0.15) is 0 Å². The van der Waals surface area contributed by atoms with Gasteiger partial charge in [0.15, 0.2) is 11.5 Å². The molecule has 0 radical (unpaired) electrons. The quantitative estimate of drug-likeness (QED) is 0.921. The van der Waals surface area contributed by atoms with Crippen LogP contribution < -0.4 is 14.8 Å². The summed E-state index contributed by atoms with van der Waals surface area (Å²) in [4.78, 5) is 14.0. The Morgan fingerprint density at radius 2 is 1.83 bits per heavy atom. The van der Waals surface area contributed by atoms with Crippen molar-refractivity contribution in [3.8, 4) is 11.5 Å². The van der Waals surface area contributed by atoms with E-state index in [1.807, 2.05) is 66.5 Å². The fourth-order valence-corrected chi connectivity index (χ4v) is 2.53. The Labute approximate surface area is 135 Å². The Bertz CT molecular complexity index is 660. The summed E-state index contributed by atoms with van der Waals surface area (Å²) in [5.41, 5.74) is 0.803. The van der Waals surface area contributed by atoms with Crippen molar-refractivity contribution in [1.29, 1.82) is 0 Å². The van der Waals surface area contributed by atoms with Crippen LogP contribution in [0.25, 0.3) is 0 Å². The summed E-state index contributed by atoms with van der Waals surface area (Å²) in [6, 6.07) is 17.1. The number of carbonyl (C=O) groups excluding carboxylic acids is 1. The van der Waals surface area contributed by atoms with Crippen LogP contribution in [-0.4, -0.2) is 43.7 Å². The number of para-hydroxylation sites is 3. The molecule has 1 aliphatic rings. The van der Waals surface area contributed by atoms with Crippen molar-refractivity contribution in [3.63, 3.8) is 0 Å². The molecule has 1 amide bonds. The maximum atomic E-state index is 12.0. The van der Waals surface area contributed by atoms with E-state index in [0.29, 0.717) is 19.7 Å². The van der Waals surface area contributed by atoms with Crippen molar-refractivity contribution in [2.45, 2.75) is 6.10 Å². The van der Waals surface area contributed by atoms with Gasteiger partial charge in [0.25, 0.3) is 0 Å². The van der Waals surface area contributed by atoms with Crippen LogP contribution in [0.15, 0.2) is 54.6 Å². The number of hydrogen-bond donors (Lipinski definition) is 1. The second kappa shape index (κ2) is 7.15. The molecule has 23 heavy (non-hydrogen) atoms. The molecule has 0 aliphatic carbocycles. The number of ether oxygens (including phenoxy) is 2. The predicted molar refractivity (Wildman–Crippen MR) is 88.9 cm³/mol. The Kier molecular flexibility index (Phi) is 4.78. The van der Waals surface area contributed by atoms with Crippen LogP contribution in [0.4, 0.5) is 5.69 Å². The molecular weight excluding hydrogens is 292 g/mol. The van der Waals surface area contributed by atoms with E-state index in [0.717, 1.165) is 17.2 Å². The molecule has 0 saturated carbocycles. The second-order valence-electron chi connectivity index (χ2n) is 5.61. The highest BCUT2D eigenvalue weighted by Crippen LogP contribution is 2.30. The van der Waals surface area contributed by atoms with Gasteiger partial charge in [0.05, 0.1) is 6.54 Å². The first-order valence-corrected chi connectivity index (χ1v) is 7.62. The normalized spacial score (nSPS) is 16.2. The lowest BCUT2D eigenvalue weighted by Crippen LogP contribution is -2.42. The standard InChI is InChI=1S/C18H20N2O3/c1-20(12-18(21)19-14-7-3-2-4-8-14)11-15-13-22-16-9-5-6-10-17(16)23-15/h2-10,15H,11-13H2,1H3,(H,19,21)/t15-/m1/s1. The zero-order valence-electron chi connectivity index (χ0n) is 13.1. The second-order valence-corrected chi connectivity index (χ2v) is 5.61. The molecule has 3 rings (SSSR count). The molecule has 5 nitrogen and oxygen atoms in total. The molecule has 0 bridgehead atoms. The highest BCUT2D eigenvalue weighted by molar-refractivity contribution is 5.92. The number of fused-ring (bicyclic) bond motifs is 1. The number of hydrogen-bond acceptors (Lipinski definition) is 4. The summed E-state index contributed by atoms with van der Waals surface area (Å²) < 4.78 is 11.6. The Hall–Kier alpha value is -2.53. The highest BCUT2D eigenvalue weighted by Gasteiger charge is 2.22. The van der Waals surface area contributed by atoms with E-state index in [-0.39, 0.29) is 12.0 Å². The summed E-state index contributed by atoms with van der Waals surface area (Å²) in [7, 11) is 1.90. The lowest BCUT2D eigenvalue weighted by molar-refractivity contribution is -0.117. The largest absolute Gasteiger partial charge is 0.486 e. The first kappa shape index (κ1) is 15.4. The zero-order chi connectivity index (χ0) is 16.1. The van der Waals surface area contributed by atoms with E-state index in [9.17, 15) is 4.79 Å². The molecule has 1 atom stereocenters. The van der Waals surface area contributed by atoms with E-state index in [1.54, 1.807) is 0 Å². The monoisotopic (exact) mass is 312 g/mol. The number of anilines is 1. The minimum Gasteiger partial charge on any atom is -0.486 e. The van der Waals surface area contributed by atoms with Gasteiger partial charge in [0, 0.05) is 12.2 Å². The summed E-state index contributed by atoms with van der Waals surface area (Å²) in [6.45, 7) is 1.41. The van der Waals surface area contributed by atoms with E-state index in [2.05, 4.69) is 5.32 Å². The van der Waals surface area contributed by atoms with Gasteiger partial charge in [-0.15, -0.1) is 0 Å². The fraction of sp³-hybridized carbons (Fsp3) is 0.278. The van der Waals surface area contributed by atoms with Crippen LogP contribution in [0.2, 0.25) is 0 Å². The summed E-state index contributed by atoms with van der Waals surface area (Å²) in [5, 5.41) is 2.87.